The second-order valence-electron chi connectivity index (χ2n) is 3.71. The van der Waals surface area contributed by atoms with Crippen molar-refractivity contribution < 1.29 is 0 Å². The second-order valence-corrected chi connectivity index (χ2v) is 4.15. The molecular weight excluding hydrogens is 192 g/mol. The number of anilines is 1. The summed E-state index contributed by atoms with van der Waals surface area (Å²) in [7, 11) is 0. The predicted molar refractivity (Wildman–Crippen MR) is 65.8 cm³/mol. The standard InChI is InChI=1S/C11H16N2S/c1-7(2)13-10-6-8(3)4-5-9(10)11(12)14/h4-7,13H,1-3H3,(H2,12,14). The third kappa shape index (κ3) is 2.70. The third-order valence-corrected chi connectivity index (χ3v) is 2.10. The van der Waals surface area contributed by atoms with E-state index in [-0.39, 0.29) is 0 Å². The van der Waals surface area contributed by atoms with Gasteiger partial charge in [0.2, 0.25) is 0 Å². The van der Waals surface area contributed by atoms with Crippen LogP contribution >= 0.6 is 12.2 Å². The molecule has 0 bridgehead atoms. The van der Waals surface area contributed by atoms with Gasteiger partial charge in [-0.15, -0.1) is 0 Å². The van der Waals surface area contributed by atoms with E-state index in [1.54, 1.807) is 0 Å². The molecule has 0 aliphatic heterocycles. The molecule has 0 aromatic heterocycles. The number of nitrogens with one attached hydrogen (secondary N) is 1. The average molecular weight is 208 g/mol. The van der Waals surface area contributed by atoms with E-state index in [2.05, 4.69) is 32.2 Å². The summed E-state index contributed by atoms with van der Waals surface area (Å²) in [6, 6.07) is 6.42. The summed E-state index contributed by atoms with van der Waals surface area (Å²) in [6.45, 7) is 6.23. The highest BCUT2D eigenvalue weighted by molar-refractivity contribution is 7.80. The number of hydrogen-bond acceptors (Lipinski definition) is 2. The molecule has 1 rings (SSSR count). The van der Waals surface area contributed by atoms with Crippen molar-refractivity contribution in [2.45, 2.75) is 26.8 Å². The predicted octanol–water partition coefficient (Wildman–Crippen LogP) is 2.45. The molecule has 1 aromatic rings. The lowest BCUT2D eigenvalue weighted by Gasteiger charge is -2.14. The normalized spacial score (nSPS) is 10.3. The first kappa shape index (κ1) is 11.0. The molecule has 0 aliphatic carbocycles. The fourth-order valence-electron chi connectivity index (χ4n) is 1.30. The summed E-state index contributed by atoms with van der Waals surface area (Å²) in [6.07, 6.45) is 0. The van der Waals surface area contributed by atoms with Crippen LogP contribution in [-0.4, -0.2) is 11.0 Å². The van der Waals surface area contributed by atoms with Crippen molar-refractivity contribution in [3.05, 3.63) is 29.3 Å². The lowest BCUT2D eigenvalue weighted by atomic mass is 10.1. The minimum Gasteiger partial charge on any atom is -0.389 e. The van der Waals surface area contributed by atoms with Crippen LogP contribution in [0.3, 0.4) is 0 Å². The van der Waals surface area contributed by atoms with Gasteiger partial charge in [-0.3, -0.25) is 0 Å². The summed E-state index contributed by atoms with van der Waals surface area (Å²) >= 11 is 4.98. The summed E-state index contributed by atoms with van der Waals surface area (Å²) in [5.41, 5.74) is 8.77. The molecule has 1 aromatic carbocycles. The number of benzene rings is 1. The molecule has 0 spiro atoms. The number of aryl methyl sites for hydroxylation is 1. The van der Waals surface area contributed by atoms with E-state index in [0.29, 0.717) is 11.0 Å². The Hall–Kier alpha value is -1.09. The van der Waals surface area contributed by atoms with E-state index in [0.717, 1.165) is 11.3 Å². The maximum absolute atomic E-state index is 5.63. The van der Waals surface area contributed by atoms with E-state index in [1.165, 1.54) is 5.56 Å². The van der Waals surface area contributed by atoms with Crippen LogP contribution < -0.4 is 11.1 Å². The molecule has 0 fully saturated rings. The highest BCUT2D eigenvalue weighted by atomic mass is 32.1. The molecule has 0 atom stereocenters. The quantitative estimate of drug-likeness (QED) is 0.749. The van der Waals surface area contributed by atoms with Gasteiger partial charge in [-0.2, -0.15) is 0 Å². The fraction of sp³-hybridized carbons (Fsp3) is 0.364. The van der Waals surface area contributed by atoms with Crippen LogP contribution in [0.4, 0.5) is 5.69 Å². The summed E-state index contributed by atoms with van der Waals surface area (Å²) in [4.78, 5) is 0.438. The van der Waals surface area contributed by atoms with Crippen LogP contribution in [0.25, 0.3) is 0 Å². The second kappa shape index (κ2) is 4.42. The number of thiocarbonyl (C=S) groups is 1. The van der Waals surface area contributed by atoms with Gasteiger partial charge in [0, 0.05) is 17.3 Å². The van der Waals surface area contributed by atoms with Crippen LogP contribution in [0.15, 0.2) is 18.2 Å². The molecule has 0 aliphatic rings. The molecule has 0 heterocycles. The maximum atomic E-state index is 5.63. The molecule has 14 heavy (non-hydrogen) atoms. The molecule has 0 radical (unpaired) electrons. The lowest BCUT2D eigenvalue weighted by Crippen LogP contribution is -2.17. The average Bonchev–Trinajstić information content (AvgIpc) is 2.01. The van der Waals surface area contributed by atoms with Crippen molar-refractivity contribution in [2.75, 3.05) is 5.32 Å². The molecule has 0 amide bonds. The van der Waals surface area contributed by atoms with Crippen LogP contribution in [0.1, 0.15) is 25.0 Å². The Balaban J connectivity index is 3.09. The third-order valence-electron chi connectivity index (χ3n) is 1.88. The first-order chi connectivity index (χ1) is 6.50. The van der Waals surface area contributed by atoms with Crippen LogP contribution in [0, 0.1) is 6.92 Å². The van der Waals surface area contributed by atoms with E-state index in [4.69, 9.17) is 18.0 Å². The largest absolute Gasteiger partial charge is 0.389 e. The molecule has 76 valence electrons. The Kier molecular flexibility index (Phi) is 3.47. The Labute approximate surface area is 90.5 Å². The first-order valence-electron chi connectivity index (χ1n) is 4.67. The van der Waals surface area contributed by atoms with Crippen molar-refractivity contribution in [2.24, 2.45) is 5.73 Å². The van der Waals surface area contributed by atoms with Gasteiger partial charge in [0.05, 0.1) is 0 Å². The monoisotopic (exact) mass is 208 g/mol. The van der Waals surface area contributed by atoms with E-state index in [1.807, 2.05) is 12.1 Å². The smallest absolute Gasteiger partial charge is 0.106 e. The van der Waals surface area contributed by atoms with Gasteiger partial charge in [0.1, 0.15) is 4.99 Å². The van der Waals surface area contributed by atoms with Gasteiger partial charge in [-0.25, -0.2) is 0 Å². The van der Waals surface area contributed by atoms with Crippen LogP contribution in [-0.2, 0) is 0 Å². The minimum absolute atomic E-state index is 0.380. The highest BCUT2D eigenvalue weighted by Gasteiger charge is 2.05. The fourth-order valence-corrected chi connectivity index (χ4v) is 1.48. The van der Waals surface area contributed by atoms with E-state index in [9.17, 15) is 0 Å². The van der Waals surface area contributed by atoms with Crippen LogP contribution in [0.5, 0.6) is 0 Å². The SMILES string of the molecule is Cc1ccc(C(N)=S)c(NC(C)C)c1. The van der Waals surface area contributed by atoms with Crippen LogP contribution in [0.2, 0.25) is 0 Å². The zero-order valence-electron chi connectivity index (χ0n) is 8.79. The number of rotatable bonds is 3. The Morgan fingerprint density at radius 2 is 2.07 bits per heavy atom. The van der Waals surface area contributed by atoms with Crippen molar-refractivity contribution >= 4 is 22.9 Å². The summed E-state index contributed by atoms with van der Waals surface area (Å²) < 4.78 is 0. The maximum Gasteiger partial charge on any atom is 0.106 e. The summed E-state index contributed by atoms with van der Waals surface area (Å²) in [5, 5.41) is 3.33. The lowest BCUT2D eigenvalue weighted by molar-refractivity contribution is 0.899. The van der Waals surface area contributed by atoms with Gasteiger partial charge in [-0.05, 0) is 38.5 Å². The van der Waals surface area contributed by atoms with Gasteiger partial charge < -0.3 is 11.1 Å². The first-order valence-corrected chi connectivity index (χ1v) is 5.08. The Morgan fingerprint density at radius 1 is 1.43 bits per heavy atom. The Bertz CT molecular complexity index is 345. The van der Waals surface area contributed by atoms with Crippen molar-refractivity contribution in [1.29, 1.82) is 0 Å². The topological polar surface area (TPSA) is 38.0 Å². The molecule has 0 unspecified atom stereocenters. The Morgan fingerprint density at radius 3 is 2.57 bits per heavy atom. The van der Waals surface area contributed by atoms with Crippen molar-refractivity contribution in [1.82, 2.24) is 0 Å². The zero-order valence-corrected chi connectivity index (χ0v) is 9.61. The van der Waals surface area contributed by atoms with E-state index >= 15 is 0 Å². The van der Waals surface area contributed by atoms with E-state index < -0.39 is 0 Å². The molecule has 0 saturated heterocycles. The molecule has 0 saturated carbocycles. The van der Waals surface area contributed by atoms with Gasteiger partial charge >= 0.3 is 0 Å². The van der Waals surface area contributed by atoms with Gasteiger partial charge in [0.25, 0.3) is 0 Å². The molecule has 3 heteroatoms. The van der Waals surface area contributed by atoms with Gasteiger partial charge in [-0.1, -0.05) is 18.3 Å². The van der Waals surface area contributed by atoms with Crippen molar-refractivity contribution in [3.8, 4) is 0 Å². The molecule has 2 nitrogen and oxygen atoms in total. The number of nitrogens with two attached hydrogens (primary N) is 1. The highest BCUT2D eigenvalue weighted by Crippen LogP contribution is 2.18. The molecule has 3 N–H and O–H groups in total. The zero-order chi connectivity index (χ0) is 10.7. The molecular formula is C11H16N2S. The minimum atomic E-state index is 0.380. The van der Waals surface area contributed by atoms with Gasteiger partial charge in [0.15, 0.2) is 0 Å². The number of hydrogen-bond donors (Lipinski definition) is 2. The summed E-state index contributed by atoms with van der Waals surface area (Å²) in [5.74, 6) is 0. The van der Waals surface area contributed by atoms with Crippen molar-refractivity contribution in [3.63, 3.8) is 0 Å².